The molecule has 1 aromatic carbocycles. The summed E-state index contributed by atoms with van der Waals surface area (Å²) in [5.41, 5.74) is 2.20. The summed E-state index contributed by atoms with van der Waals surface area (Å²) < 4.78 is 0. The van der Waals surface area contributed by atoms with Crippen LogP contribution in [0.5, 0.6) is 0 Å². The summed E-state index contributed by atoms with van der Waals surface area (Å²) in [7, 11) is 0. The zero-order valence-corrected chi connectivity index (χ0v) is 14.0. The van der Waals surface area contributed by atoms with Crippen molar-refractivity contribution in [1.29, 1.82) is 0 Å². The van der Waals surface area contributed by atoms with Crippen molar-refractivity contribution in [3.05, 3.63) is 29.8 Å². The zero-order chi connectivity index (χ0) is 16.3. The summed E-state index contributed by atoms with van der Waals surface area (Å²) in [6.45, 7) is 9.44. The Kier molecular flexibility index (Phi) is 4.89. The van der Waals surface area contributed by atoms with Gasteiger partial charge in [0.05, 0.1) is 0 Å². The monoisotopic (exact) mass is 302 g/mol. The molecule has 0 aliphatic carbocycles. The van der Waals surface area contributed by atoms with Gasteiger partial charge in [-0.1, -0.05) is 32.9 Å². The second kappa shape index (κ2) is 6.51. The van der Waals surface area contributed by atoms with Gasteiger partial charge in [-0.3, -0.25) is 9.59 Å². The fourth-order valence-electron chi connectivity index (χ4n) is 2.75. The van der Waals surface area contributed by atoms with Crippen LogP contribution in [0.4, 0.5) is 5.69 Å². The predicted molar refractivity (Wildman–Crippen MR) is 88.7 cm³/mol. The molecule has 120 valence electrons. The first kappa shape index (κ1) is 16.5. The highest BCUT2D eigenvalue weighted by Crippen LogP contribution is 2.24. The topological polar surface area (TPSA) is 49.4 Å². The molecule has 1 saturated heterocycles. The van der Waals surface area contributed by atoms with Crippen LogP contribution in [0.3, 0.4) is 0 Å². The van der Waals surface area contributed by atoms with Crippen LogP contribution in [-0.4, -0.2) is 29.8 Å². The number of carbonyl (C=O) groups excluding carboxylic acids is 2. The molecular weight excluding hydrogens is 276 g/mol. The maximum Gasteiger partial charge on any atom is 0.227 e. The predicted octanol–water partition coefficient (Wildman–Crippen LogP) is 3.18. The molecule has 0 radical (unpaired) electrons. The number of anilines is 1. The van der Waals surface area contributed by atoms with Crippen molar-refractivity contribution < 1.29 is 9.59 Å². The lowest BCUT2D eigenvalue weighted by Gasteiger charge is -2.30. The molecular formula is C18H26N2O2. The van der Waals surface area contributed by atoms with E-state index in [1.807, 2.05) is 17.0 Å². The largest absolute Gasteiger partial charge is 0.343 e. The summed E-state index contributed by atoms with van der Waals surface area (Å²) in [6, 6.07) is 8.05. The van der Waals surface area contributed by atoms with Gasteiger partial charge in [-0.05, 0) is 36.0 Å². The number of amides is 2. The van der Waals surface area contributed by atoms with Crippen molar-refractivity contribution in [3.8, 4) is 0 Å². The first-order valence-corrected chi connectivity index (χ1v) is 7.94. The van der Waals surface area contributed by atoms with Crippen molar-refractivity contribution in [2.24, 2.45) is 5.92 Å². The maximum absolute atomic E-state index is 12.3. The van der Waals surface area contributed by atoms with Crippen LogP contribution >= 0.6 is 0 Å². The number of likely N-dealkylation sites (tertiary alicyclic amines) is 1. The number of carbonyl (C=O) groups is 2. The number of nitrogens with one attached hydrogen (secondary N) is 1. The lowest BCUT2D eigenvalue weighted by Crippen LogP contribution is -2.40. The number of piperidine rings is 1. The summed E-state index contributed by atoms with van der Waals surface area (Å²) in [5.74, 6) is 0.154. The Morgan fingerprint density at radius 1 is 1.09 bits per heavy atom. The molecule has 1 fully saturated rings. The highest BCUT2D eigenvalue weighted by atomic mass is 16.2. The van der Waals surface area contributed by atoms with E-state index < -0.39 is 0 Å². The van der Waals surface area contributed by atoms with E-state index in [1.165, 1.54) is 5.56 Å². The van der Waals surface area contributed by atoms with Gasteiger partial charge in [-0.2, -0.15) is 0 Å². The first-order valence-electron chi connectivity index (χ1n) is 7.94. The Hall–Kier alpha value is -1.84. The van der Waals surface area contributed by atoms with E-state index in [1.54, 1.807) is 6.92 Å². The van der Waals surface area contributed by atoms with E-state index in [4.69, 9.17) is 0 Å². The molecule has 0 unspecified atom stereocenters. The number of nitrogens with zero attached hydrogens (tertiary/aromatic N) is 1. The molecule has 2 amide bonds. The minimum absolute atomic E-state index is 0.00195. The van der Waals surface area contributed by atoms with Gasteiger partial charge in [0.2, 0.25) is 11.8 Å². The molecule has 1 heterocycles. The first-order chi connectivity index (χ1) is 10.3. The quantitative estimate of drug-likeness (QED) is 0.912. The van der Waals surface area contributed by atoms with Crippen molar-refractivity contribution in [3.63, 3.8) is 0 Å². The maximum atomic E-state index is 12.3. The van der Waals surface area contributed by atoms with Gasteiger partial charge >= 0.3 is 0 Å². The standard InChI is InChI=1S/C18H26N2O2/c1-13(21)20-11-9-14(10-12-20)17(22)19-16-7-5-15(6-8-16)18(2,3)4/h5-8,14H,9-12H2,1-4H3,(H,19,22). The van der Waals surface area contributed by atoms with Gasteiger partial charge in [0, 0.05) is 31.6 Å². The molecule has 0 atom stereocenters. The fourth-order valence-corrected chi connectivity index (χ4v) is 2.75. The molecule has 0 aromatic heterocycles. The molecule has 4 heteroatoms. The Bertz CT molecular complexity index is 535. The average molecular weight is 302 g/mol. The van der Waals surface area contributed by atoms with Gasteiger partial charge in [-0.15, -0.1) is 0 Å². The zero-order valence-electron chi connectivity index (χ0n) is 14.0. The summed E-state index contributed by atoms with van der Waals surface area (Å²) in [4.78, 5) is 25.4. The van der Waals surface area contributed by atoms with E-state index >= 15 is 0 Å². The molecule has 1 N–H and O–H groups in total. The number of rotatable bonds is 2. The number of benzene rings is 1. The smallest absolute Gasteiger partial charge is 0.227 e. The van der Waals surface area contributed by atoms with Gasteiger partial charge < -0.3 is 10.2 Å². The SMILES string of the molecule is CC(=O)N1CCC(C(=O)Nc2ccc(C(C)(C)C)cc2)CC1. The lowest BCUT2D eigenvalue weighted by atomic mass is 9.87. The van der Waals surface area contributed by atoms with Gasteiger partial charge in [0.1, 0.15) is 0 Å². The summed E-state index contributed by atoms with van der Waals surface area (Å²) in [5, 5.41) is 2.99. The van der Waals surface area contributed by atoms with Crippen LogP contribution in [0.25, 0.3) is 0 Å². The van der Waals surface area contributed by atoms with Gasteiger partial charge in [0.15, 0.2) is 0 Å². The number of hydrogen-bond donors (Lipinski definition) is 1. The molecule has 0 spiro atoms. The average Bonchev–Trinajstić information content (AvgIpc) is 2.47. The van der Waals surface area contributed by atoms with Crippen LogP contribution in [0, 0.1) is 5.92 Å². The molecule has 0 saturated carbocycles. The third-order valence-corrected chi connectivity index (χ3v) is 4.33. The third-order valence-electron chi connectivity index (χ3n) is 4.33. The van der Waals surface area contributed by atoms with Crippen molar-refractivity contribution >= 4 is 17.5 Å². The van der Waals surface area contributed by atoms with E-state index in [0.717, 1.165) is 18.5 Å². The van der Waals surface area contributed by atoms with Crippen LogP contribution in [0.1, 0.15) is 46.1 Å². The van der Waals surface area contributed by atoms with Crippen LogP contribution < -0.4 is 5.32 Å². The van der Waals surface area contributed by atoms with Crippen LogP contribution in [-0.2, 0) is 15.0 Å². The number of hydrogen-bond acceptors (Lipinski definition) is 2. The Labute approximate surface area is 132 Å². The Morgan fingerprint density at radius 2 is 1.64 bits per heavy atom. The van der Waals surface area contributed by atoms with E-state index in [-0.39, 0.29) is 23.1 Å². The van der Waals surface area contributed by atoms with E-state index in [2.05, 4.69) is 38.2 Å². The van der Waals surface area contributed by atoms with Gasteiger partial charge in [0.25, 0.3) is 0 Å². The summed E-state index contributed by atoms with van der Waals surface area (Å²) in [6.07, 6.45) is 1.48. The molecule has 2 rings (SSSR count). The van der Waals surface area contributed by atoms with E-state index in [0.29, 0.717) is 13.1 Å². The normalized spacial score (nSPS) is 16.5. The molecule has 1 aliphatic heterocycles. The second-order valence-corrected chi connectivity index (χ2v) is 7.10. The van der Waals surface area contributed by atoms with Crippen molar-refractivity contribution in [2.45, 2.75) is 46.0 Å². The van der Waals surface area contributed by atoms with E-state index in [9.17, 15) is 9.59 Å². The van der Waals surface area contributed by atoms with Gasteiger partial charge in [-0.25, -0.2) is 0 Å². The third kappa shape index (κ3) is 4.09. The minimum atomic E-state index is -0.00195. The fraction of sp³-hybridized carbons (Fsp3) is 0.556. The molecule has 0 bridgehead atoms. The van der Waals surface area contributed by atoms with Crippen molar-refractivity contribution in [2.75, 3.05) is 18.4 Å². The summed E-state index contributed by atoms with van der Waals surface area (Å²) >= 11 is 0. The van der Waals surface area contributed by atoms with Crippen LogP contribution in [0.2, 0.25) is 0 Å². The molecule has 1 aliphatic rings. The molecule has 4 nitrogen and oxygen atoms in total. The highest BCUT2D eigenvalue weighted by Gasteiger charge is 2.26. The van der Waals surface area contributed by atoms with Crippen molar-refractivity contribution in [1.82, 2.24) is 4.90 Å². The molecule has 1 aromatic rings. The molecule has 22 heavy (non-hydrogen) atoms. The Morgan fingerprint density at radius 3 is 2.09 bits per heavy atom. The second-order valence-electron chi connectivity index (χ2n) is 7.10. The minimum Gasteiger partial charge on any atom is -0.343 e. The lowest BCUT2D eigenvalue weighted by molar-refractivity contribution is -0.132. The van der Waals surface area contributed by atoms with Crippen LogP contribution in [0.15, 0.2) is 24.3 Å². The highest BCUT2D eigenvalue weighted by molar-refractivity contribution is 5.92. The Balaban J connectivity index is 1.91.